The zero-order chi connectivity index (χ0) is 16.5. The molecule has 0 radical (unpaired) electrons. The van der Waals surface area contributed by atoms with Gasteiger partial charge >= 0.3 is 0 Å². The highest BCUT2D eigenvalue weighted by Crippen LogP contribution is 2.18. The van der Waals surface area contributed by atoms with Crippen molar-refractivity contribution in [1.82, 2.24) is 0 Å². The van der Waals surface area contributed by atoms with E-state index in [2.05, 4.69) is 5.32 Å². The van der Waals surface area contributed by atoms with Crippen LogP contribution in [-0.4, -0.2) is 19.1 Å². The maximum absolute atomic E-state index is 11.8. The number of nitrogens with zero attached hydrogens (tertiary/aromatic N) is 1. The van der Waals surface area contributed by atoms with Gasteiger partial charge in [-0.2, -0.15) is 5.26 Å². The van der Waals surface area contributed by atoms with Crippen molar-refractivity contribution in [2.24, 2.45) is 0 Å². The van der Waals surface area contributed by atoms with Gasteiger partial charge in [0, 0.05) is 5.69 Å². The van der Waals surface area contributed by atoms with Crippen molar-refractivity contribution in [1.29, 1.82) is 5.26 Å². The fourth-order valence-electron chi connectivity index (χ4n) is 1.86. The number of rotatable bonds is 7. The molecule has 5 heteroatoms. The number of hydrogen-bond acceptors (Lipinski definition) is 4. The molecule has 2 rings (SSSR count). The quantitative estimate of drug-likeness (QED) is 0.851. The first kappa shape index (κ1) is 16.4. The predicted molar refractivity (Wildman–Crippen MR) is 87.5 cm³/mol. The largest absolute Gasteiger partial charge is 0.494 e. The summed E-state index contributed by atoms with van der Waals surface area (Å²) in [4.78, 5) is 11.8. The topological polar surface area (TPSA) is 71.3 Å². The first-order valence-corrected chi connectivity index (χ1v) is 7.37. The molecule has 0 saturated carbocycles. The molecule has 2 aromatic carbocycles. The molecular weight excluding hydrogens is 292 g/mol. The summed E-state index contributed by atoms with van der Waals surface area (Å²) in [5.74, 6) is 1.08. The van der Waals surface area contributed by atoms with Gasteiger partial charge in [-0.1, -0.05) is 13.0 Å². The minimum atomic E-state index is -0.286. The Labute approximate surface area is 135 Å². The van der Waals surface area contributed by atoms with Crippen LogP contribution in [0.3, 0.4) is 0 Å². The summed E-state index contributed by atoms with van der Waals surface area (Å²) >= 11 is 0. The molecule has 1 N–H and O–H groups in total. The van der Waals surface area contributed by atoms with Gasteiger partial charge in [0.2, 0.25) is 0 Å². The summed E-state index contributed by atoms with van der Waals surface area (Å²) in [6.07, 6.45) is 0.950. The van der Waals surface area contributed by atoms with Gasteiger partial charge in [-0.3, -0.25) is 4.79 Å². The van der Waals surface area contributed by atoms with E-state index in [0.29, 0.717) is 23.6 Å². The highest BCUT2D eigenvalue weighted by atomic mass is 16.5. The molecule has 0 aliphatic rings. The van der Waals surface area contributed by atoms with Gasteiger partial charge < -0.3 is 14.8 Å². The fourth-order valence-corrected chi connectivity index (χ4v) is 1.86. The van der Waals surface area contributed by atoms with Crippen molar-refractivity contribution in [2.75, 3.05) is 18.5 Å². The molecule has 0 atom stereocenters. The van der Waals surface area contributed by atoms with Crippen molar-refractivity contribution >= 4 is 11.6 Å². The molecule has 23 heavy (non-hydrogen) atoms. The minimum Gasteiger partial charge on any atom is -0.494 e. The first-order chi connectivity index (χ1) is 11.2. The van der Waals surface area contributed by atoms with Crippen LogP contribution in [0.4, 0.5) is 5.69 Å². The van der Waals surface area contributed by atoms with E-state index in [1.165, 1.54) is 0 Å². The number of nitriles is 1. The second-order valence-corrected chi connectivity index (χ2v) is 4.85. The molecule has 0 fully saturated rings. The molecule has 0 saturated heterocycles. The highest BCUT2D eigenvalue weighted by Gasteiger charge is 2.05. The van der Waals surface area contributed by atoms with Gasteiger partial charge in [-0.15, -0.1) is 0 Å². The van der Waals surface area contributed by atoms with Crippen LogP contribution in [0, 0.1) is 11.3 Å². The molecule has 0 aliphatic carbocycles. The third kappa shape index (κ3) is 5.36. The van der Waals surface area contributed by atoms with Gasteiger partial charge in [0.1, 0.15) is 11.5 Å². The standard InChI is InChI=1S/C18H18N2O3/c1-2-10-22-16-6-8-17(9-7-16)23-13-18(21)20-15-5-3-4-14(11-15)12-19/h3-9,11H,2,10,13H2,1H3,(H,20,21). The van der Waals surface area contributed by atoms with E-state index >= 15 is 0 Å². The van der Waals surface area contributed by atoms with Crippen LogP contribution in [0.1, 0.15) is 18.9 Å². The number of carbonyl (C=O) groups excluding carboxylic acids is 1. The van der Waals surface area contributed by atoms with Crippen LogP contribution >= 0.6 is 0 Å². The van der Waals surface area contributed by atoms with Crippen LogP contribution in [-0.2, 0) is 4.79 Å². The number of anilines is 1. The van der Waals surface area contributed by atoms with E-state index in [4.69, 9.17) is 14.7 Å². The van der Waals surface area contributed by atoms with Crippen molar-refractivity contribution in [3.8, 4) is 17.6 Å². The average molecular weight is 310 g/mol. The lowest BCUT2D eigenvalue weighted by atomic mass is 10.2. The number of nitrogens with one attached hydrogen (secondary N) is 1. The Balaban J connectivity index is 1.83. The molecule has 118 valence electrons. The van der Waals surface area contributed by atoms with Gasteiger partial charge in [-0.25, -0.2) is 0 Å². The van der Waals surface area contributed by atoms with Crippen LogP contribution in [0.15, 0.2) is 48.5 Å². The molecule has 5 nitrogen and oxygen atoms in total. The Hall–Kier alpha value is -3.00. The minimum absolute atomic E-state index is 0.105. The summed E-state index contributed by atoms with van der Waals surface area (Å²) in [7, 11) is 0. The number of amides is 1. The Morgan fingerprint density at radius 2 is 1.83 bits per heavy atom. The lowest BCUT2D eigenvalue weighted by Gasteiger charge is -2.09. The molecule has 0 bridgehead atoms. The second-order valence-electron chi connectivity index (χ2n) is 4.85. The fraction of sp³-hybridized carbons (Fsp3) is 0.222. The van der Waals surface area contributed by atoms with Crippen molar-refractivity contribution in [3.05, 3.63) is 54.1 Å². The molecule has 0 aromatic heterocycles. The number of hydrogen-bond donors (Lipinski definition) is 1. The molecule has 1 amide bonds. The number of ether oxygens (including phenoxy) is 2. The maximum atomic E-state index is 11.8. The Kier molecular flexibility index (Phi) is 6.01. The average Bonchev–Trinajstić information content (AvgIpc) is 2.59. The Morgan fingerprint density at radius 3 is 2.48 bits per heavy atom. The summed E-state index contributed by atoms with van der Waals surface area (Å²) in [6, 6.07) is 15.9. The lowest BCUT2D eigenvalue weighted by molar-refractivity contribution is -0.118. The molecule has 0 aliphatic heterocycles. The monoisotopic (exact) mass is 310 g/mol. The molecule has 2 aromatic rings. The zero-order valence-electron chi connectivity index (χ0n) is 12.9. The van der Waals surface area contributed by atoms with Gasteiger partial charge in [0.15, 0.2) is 6.61 Å². The zero-order valence-corrected chi connectivity index (χ0v) is 12.9. The summed E-state index contributed by atoms with van der Waals surface area (Å²) in [5.41, 5.74) is 1.06. The smallest absolute Gasteiger partial charge is 0.262 e. The highest BCUT2D eigenvalue weighted by molar-refractivity contribution is 5.92. The Morgan fingerprint density at radius 1 is 1.13 bits per heavy atom. The predicted octanol–water partition coefficient (Wildman–Crippen LogP) is 3.36. The van der Waals surface area contributed by atoms with Gasteiger partial charge in [-0.05, 0) is 48.9 Å². The molecule has 0 spiro atoms. The van der Waals surface area contributed by atoms with E-state index in [-0.39, 0.29) is 12.5 Å². The van der Waals surface area contributed by atoms with E-state index < -0.39 is 0 Å². The first-order valence-electron chi connectivity index (χ1n) is 7.37. The van der Waals surface area contributed by atoms with Crippen LogP contribution in [0.25, 0.3) is 0 Å². The second kappa shape index (κ2) is 8.44. The number of carbonyl (C=O) groups is 1. The van der Waals surface area contributed by atoms with E-state index in [1.807, 2.05) is 13.0 Å². The SMILES string of the molecule is CCCOc1ccc(OCC(=O)Nc2cccc(C#N)c2)cc1. The summed E-state index contributed by atoms with van der Waals surface area (Å²) < 4.78 is 10.9. The van der Waals surface area contributed by atoms with E-state index in [0.717, 1.165) is 12.2 Å². The van der Waals surface area contributed by atoms with Crippen molar-refractivity contribution < 1.29 is 14.3 Å². The third-order valence-electron chi connectivity index (χ3n) is 2.94. The van der Waals surface area contributed by atoms with E-state index in [1.54, 1.807) is 48.5 Å². The van der Waals surface area contributed by atoms with Crippen LogP contribution < -0.4 is 14.8 Å². The van der Waals surface area contributed by atoms with Gasteiger partial charge in [0.25, 0.3) is 5.91 Å². The van der Waals surface area contributed by atoms with E-state index in [9.17, 15) is 4.79 Å². The van der Waals surface area contributed by atoms with Gasteiger partial charge in [0.05, 0.1) is 18.2 Å². The van der Waals surface area contributed by atoms with Crippen LogP contribution in [0.2, 0.25) is 0 Å². The molecule has 0 heterocycles. The maximum Gasteiger partial charge on any atom is 0.262 e. The molecular formula is C18H18N2O3. The van der Waals surface area contributed by atoms with Crippen LogP contribution in [0.5, 0.6) is 11.5 Å². The number of benzene rings is 2. The normalized spacial score (nSPS) is 9.74. The lowest BCUT2D eigenvalue weighted by Crippen LogP contribution is -2.20. The van der Waals surface area contributed by atoms with Crippen molar-refractivity contribution in [3.63, 3.8) is 0 Å². The van der Waals surface area contributed by atoms with Crippen molar-refractivity contribution in [2.45, 2.75) is 13.3 Å². The third-order valence-corrected chi connectivity index (χ3v) is 2.94. The Bertz CT molecular complexity index is 690. The summed E-state index contributed by atoms with van der Waals surface area (Å²) in [5, 5.41) is 11.5. The molecule has 0 unspecified atom stereocenters. The summed E-state index contributed by atoms with van der Waals surface area (Å²) in [6.45, 7) is 2.61.